The Labute approximate surface area is 147 Å². The molecule has 0 amide bonds. The zero-order valence-corrected chi connectivity index (χ0v) is 15.3. The van der Waals surface area contributed by atoms with Gasteiger partial charge < -0.3 is 5.11 Å². The molecule has 0 spiro atoms. The molecule has 0 unspecified atom stereocenters. The van der Waals surface area contributed by atoms with Crippen LogP contribution in [-0.4, -0.2) is 29.3 Å². The van der Waals surface area contributed by atoms with E-state index in [2.05, 4.69) is 9.82 Å². The Kier molecular flexibility index (Phi) is 5.47. The van der Waals surface area contributed by atoms with Crippen molar-refractivity contribution in [2.45, 2.75) is 38.0 Å². The molecule has 0 saturated carbocycles. The molecule has 0 saturated heterocycles. The zero-order chi connectivity index (χ0) is 18.9. The fraction of sp³-hybridized carbons (Fsp3) is 0.429. The number of anilines is 1. The van der Waals surface area contributed by atoms with E-state index in [0.29, 0.717) is 17.9 Å². The predicted octanol–water partition coefficient (Wildman–Crippen LogP) is 3.35. The third-order valence-corrected chi connectivity index (χ3v) is 6.21. The molecule has 0 fully saturated rings. The van der Waals surface area contributed by atoms with Crippen LogP contribution in [0.25, 0.3) is 0 Å². The van der Waals surface area contributed by atoms with Crippen LogP contribution in [0.15, 0.2) is 16.5 Å². The third kappa shape index (κ3) is 4.34. The van der Waals surface area contributed by atoms with E-state index in [4.69, 9.17) is 5.11 Å². The monoisotopic (exact) mass is 393 g/mol. The van der Waals surface area contributed by atoms with Gasteiger partial charge in [-0.2, -0.15) is 5.10 Å². The van der Waals surface area contributed by atoms with Crippen LogP contribution in [0.3, 0.4) is 0 Å². The lowest BCUT2D eigenvalue weighted by Gasteiger charge is -2.05. The summed E-state index contributed by atoms with van der Waals surface area (Å²) in [6.07, 6.45) is -1.75. The van der Waals surface area contributed by atoms with Crippen LogP contribution >= 0.6 is 11.3 Å². The summed E-state index contributed by atoms with van der Waals surface area (Å²) >= 11 is 0.561. The van der Waals surface area contributed by atoms with E-state index in [-0.39, 0.29) is 26.3 Å². The minimum atomic E-state index is -4.20. The minimum Gasteiger partial charge on any atom is -0.477 e. The number of hydrogen-bond acceptors (Lipinski definition) is 5. The SMILES string of the molecule is Cc1cc(S(=O)(=O)Nc2cn(CC(C)C)nc2C(F)F)sc1C(=O)O. The van der Waals surface area contributed by atoms with Gasteiger partial charge in [0.2, 0.25) is 0 Å². The molecular weight excluding hydrogens is 376 g/mol. The van der Waals surface area contributed by atoms with Gasteiger partial charge in [-0.15, -0.1) is 11.3 Å². The highest BCUT2D eigenvalue weighted by atomic mass is 32.2. The van der Waals surface area contributed by atoms with Gasteiger partial charge in [0.15, 0.2) is 5.69 Å². The Bertz CT molecular complexity index is 888. The zero-order valence-electron chi connectivity index (χ0n) is 13.7. The van der Waals surface area contributed by atoms with Crippen molar-refractivity contribution >= 4 is 33.0 Å². The molecule has 2 aromatic heterocycles. The first-order valence-electron chi connectivity index (χ1n) is 7.23. The first kappa shape index (κ1) is 19.3. The lowest BCUT2D eigenvalue weighted by Crippen LogP contribution is -2.12. The van der Waals surface area contributed by atoms with Gasteiger partial charge in [0.25, 0.3) is 16.4 Å². The first-order valence-corrected chi connectivity index (χ1v) is 9.53. The largest absolute Gasteiger partial charge is 0.477 e. The van der Waals surface area contributed by atoms with Crippen molar-refractivity contribution in [3.8, 4) is 0 Å². The van der Waals surface area contributed by atoms with Gasteiger partial charge >= 0.3 is 5.97 Å². The van der Waals surface area contributed by atoms with Crippen LogP contribution in [0.2, 0.25) is 0 Å². The second kappa shape index (κ2) is 7.08. The van der Waals surface area contributed by atoms with E-state index in [0.717, 1.165) is 0 Å². The van der Waals surface area contributed by atoms with Crippen molar-refractivity contribution in [3.63, 3.8) is 0 Å². The highest BCUT2D eigenvalue weighted by Gasteiger charge is 2.26. The van der Waals surface area contributed by atoms with Gasteiger partial charge in [0, 0.05) is 12.7 Å². The summed E-state index contributed by atoms with van der Waals surface area (Å²) in [4.78, 5) is 10.9. The Hall–Kier alpha value is -2.01. The second-order valence-electron chi connectivity index (χ2n) is 5.83. The first-order chi connectivity index (χ1) is 11.5. The maximum atomic E-state index is 13.1. The lowest BCUT2D eigenvalue weighted by molar-refractivity contribution is 0.0701. The molecule has 0 atom stereocenters. The highest BCUT2D eigenvalue weighted by molar-refractivity contribution is 7.94. The Morgan fingerprint density at radius 3 is 2.56 bits per heavy atom. The van der Waals surface area contributed by atoms with Crippen molar-refractivity contribution in [1.82, 2.24) is 9.78 Å². The van der Waals surface area contributed by atoms with Crippen LogP contribution in [-0.2, 0) is 16.6 Å². The number of thiophene rings is 1. The smallest absolute Gasteiger partial charge is 0.346 e. The van der Waals surface area contributed by atoms with Crippen molar-refractivity contribution in [1.29, 1.82) is 0 Å². The maximum Gasteiger partial charge on any atom is 0.346 e. The molecule has 2 aromatic rings. The molecule has 2 N–H and O–H groups in total. The number of sulfonamides is 1. The summed E-state index contributed by atoms with van der Waals surface area (Å²) in [5.74, 6) is -1.12. The van der Waals surface area contributed by atoms with Crippen LogP contribution in [0.1, 0.15) is 41.2 Å². The molecule has 0 bridgehead atoms. The van der Waals surface area contributed by atoms with Gasteiger partial charge in [-0.1, -0.05) is 13.8 Å². The van der Waals surface area contributed by atoms with E-state index in [9.17, 15) is 22.0 Å². The number of carboxylic acid groups (broad SMARTS) is 1. The third-order valence-electron chi connectivity index (χ3n) is 3.15. The van der Waals surface area contributed by atoms with Gasteiger partial charge in [0.1, 0.15) is 9.09 Å². The Morgan fingerprint density at radius 2 is 2.08 bits per heavy atom. The lowest BCUT2D eigenvalue weighted by atomic mass is 10.2. The van der Waals surface area contributed by atoms with Gasteiger partial charge in [-0.25, -0.2) is 22.0 Å². The number of carboxylic acids is 1. The minimum absolute atomic E-state index is 0.120. The molecule has 0 aliphatic carbocycles. The second-order valence-corrected chi connectivity index (χ2v) is 8.79. The Morgan fingerprint density at radius 1 is 1.44 bits per heavy atom. The van der Waals surface area contributed by atoms with Crippen LogP contribution < -0.4 is 4.72 Å². The van der Waals surface area contributed by atoms with Crippen molar-refractivity contribution in [2.75, 3.05) is 4.72 Å². The number of nitrogens with zero attached hydrogens (tertiary/aromatic N) is 2. The van der Waals surface area contributed by atoms with Gasteiger partial charge in [-0.3, -0.25) is 9.40 Å². The topological polar surface area (TPSA) is 101 Å². The number of rotatable bonds is 7. The van der Waals surface area contributed by atoms with E-state index in [1.165, 1.54) is 23.9 Å². The molecule has 0 aromatic carbocycles. The van der Waals surface area contributed by atoms with Crippen LogP contribution in [0.4, 0.5) is 14.5 Å². The molecule has 7 nitrogen and oxygen atoms in total. The number of aromatic nitrogens is 2. The van der Waals surface area contributed by atoms with Crippen molar-refractivity contribution in [2.24, 2.45) is 5.92 Å². The quantitative estimate of drug-likeness (QED) is 0.751. The van der Waals surface area contributed by atoms with E-state index in [1.807, 2.05) is 13.8 Å². The summed E-state index contributed by atoms with van der Waals surface area (Å²) in [5.41, 5.74) is -0.711. The summed E-state index contributed by atoms with van der Waals surface area (Å²) in [5, 5.41) is 12.7. The fourth-order valence-electron chi connectivity index (χ4n) is 2.14. The summed E-state index contributed by atoms with van der Waals surface area (Å²) in [6, 6.07) is 1.19. The molecule has 25 heavy (non-hydrogen) atoms. The average molecular weight is 393 g/mol. The van der Waals surface area contributed by atoms with Crippen LogP contribution in [0, 0.1) is 12.8 Å². The molecule has 0 aliphatic heterocycles. The molecule has 2 rings (SSSR count). The van der Waals surface area contributed by atoms with Crippen molar-refractivity contribution in [3.05, 3.63) is 28.4 Å². The maximum absolute atomic E-state index is 13.1. The predicted molar refractivity (Wildman–Crippen MR) is 88.8 cm³/mol. The number of hydrogen-bond donors (Lipinski definition) is 2. The van der Waals surface area contributed by atoms with Gasteiger partial charge in [-0.05, 0) is 24.5 Å². The summed E-state index contributed by atoms with van der Waals surface area (Å²) < 4.78 is 54.2. The van der Waals surface area contributed by atoms with E-state index in [1.54, 1.807) is 0 Å². The highest BCUT2D eigenvalue weighted by Crippen LogP contribution is 2.31. The normalized spacial score (nSPS) is 12.1. The fourth-order valence-corrected chi connectivity index (χ4v) is 4.57. The summed E-state index contributed by atoms with van der Waals surface area (Å²) in [7, 11) is -4.20. The number of nitrogens with one attached hydrogen (secondary N) is 1. The number of aromatic carboxylic acids is 1. The van der Waals surface area contributed by atoms with E-state index < -0.39 is 28.1 Å². The molecular formula is C14H17F2N3O4S2. The molecule has 0 radical (unpaired) electrons. The number of aryl methyl sites for hydroxylation is 1. The summed E-state index contributed by atoms with van der Waals surface area (Å²) in [6.45, 7) is 5.55. The molecule has 11 heteroatoms. The number of halogens is 2. The molecule has 2 heterocycles. The van der Waals surface area contributed by atoms with E-state index >= 15 is 0 Å². The molecule has 138 valence electrons. The Balaban J connectivity index is 2.38. The number of alkyl halides is 2. The van der Waals surface area contributed by atoms with Crippen molar-refractivity contribution < 1.29 is 27.1 Å². The van der Waals surface area contributed by atoms with Crippen LogP contribution in [0.5, 0.6) is 0 Å². The standard InChI is InChI=1S/C14H17F2N3O4S2/c1-7(2)5-19-6-9(11(17-19)13(15)16)18-25(22,23)10-4-8(3)12(24-10)14(20)21/h4,6-7,13,18H,5H2,1-3H3,(H,20,21). The number of carbonyl (C=O) groups is 1. The van der Waals surface area contributed by atoms with Gasteiger partial charge in [0.05, 0.1) is 5.69 Å². The average Bonchev–Trinajstić information content (AvgIpc) is 3.02. The molecule has 0 aliphatic rings.